The van der Waals surface area contributed by atoms with Gasteiger partial charge in [-0.2, -0.15) is 5.10 Å². The van der Waals surface area contributed by atoms with Gasteiger partial charge in [-0.1, -0.05) is 35.3 Å². The molecule has 0 atom stereocenters. The van der Waals surface area contributed by atoms with Gasteiger partial charge in [0.2, 0.25) is 0 Å². The first-order chi connectivity index (χ1) is 17.3. The number of nitrogens with zero attached hydrogens (tertiary/aromatic N) is 1. The van der Waals surface area contributed by atoms with Crippen molar-refractivity contribution in [1.82, 2.24) is 5.43 Å². The first-order valence-electron chi connectivity index (χ1n) is 10.8. The van der Waals surface area contributed by atoms with Gasteiger partial charge in [0.25, 0.3) is 0 Å². The quantitative estimate of drug-likeness (QED) is 0.199. The molecular formula is C26H20Cl2N2O6. The Balaban J connectivity index is 1.45. The highest BCUT2D eigenvalue weighted by Crippen LogP contribution is 2.37. The lowest BCUT2D eigenvalue weighted by atomic mass is 10.1. The van der Waals surface area contributed by atoms with E-state index in [1.54, 1.807) is 48.5 Å². The number of nitrogens with one attached hydrogen (secondary N) is 1. The molecule has 2 N–H and O–H groups in total. The monoisotopic (exact) mass is 526 g/mol. The van der Waals surface area contributed by atoms with Crippen LogP contribution in [0.3, 0.4) is 0 Å². The fourth-order valence-electron chi connectivity index (χ4n) is 3.31. The summed E-state index contributed by atoms with van der Waals surface area (Å²) in [6.45, 7) is 2.35. The smallest absolute Gasteiger partial charge is 0.335 e. The van der Waals surface area contributed by atoms with Gasteiger partial charge in [-0.05, 0) is 66.6 Å². The molecule has 0 aliphatic rings. The summed E-state index contributed by atoms with van der Waals surface area (Å²) in [5.41, 5.74) is 4.47. The van der Waals surface area contributed by atoms with E-state index in [2.05, 4.69) is 10.5 Å². The van der Waals surface area contributed by atoms with Crippen LogP contribution in [0.15, 0.2) is 70.2 Å². The highest BCUT2D eigenvalue weighted by molar-refractivity contribution is 6.32. The van der Waals surface area contributed by atoms with Crippen molar-refractivity contribution >= 4 is 52.3 Å². The molecule has 0 unspecified atom stereocenters. The molecule has 0 saturated heterocycles. The Hall–Kier alpha value is -4.01. The minimum absolute atomic E-state index is 0.0950. The zero-order valence-corrected chi connectivity index (χ0v) is 20.5. The number of carbonyl (C=O) groups excluding carboxylic acids is 1. The highest BCUT2D eigenvalue weighted by Gasteiger charge is 2.14. The minimum atomic E-state index is -1.000. The van der Waals surface area contributed by atoms with E-state index in [0.29, 0.717) is 39.7 Å². The van der Waals surface area contributed by atoms with Crippen LogP contribution < -0.4 is 14.9 Å². The number of benzene rings is 3. The van der Waals surface area contributed by atoms with Crippen LogP contribution in [0.5, 0.6) is 11.5 Å². The highest BCUT2D eigenvalue weighted by atomic mass is 35.5. The number of amides is 1. The number of hydrogen-bond acceptors (Lipinski definition) is 6. The largest absolute Gasteiger partial charge is 0.490 e. The standard InChI is InChI=1S/C26H20Cl2N2O6/c1-2-34-22-10-16(9-20(28)24(22)35-14-15-3-5-17(6-4-15)26(32)33)13-29-30-25(31)23-12-18-11-19(27)7-8-21(18)36-23/h3-13H,2,14H2,1H3,(H,30,31)(H,32,33)/b29-13+. The van der Waals surface area contributed by atoms with E-state index in [1.807, 2.05) is 6.92 Å². The Bertz CT molecular complexity index is 1450. The lowest BCUT2D eigenvalue weighted by Crippen LogP contribution is -2.16. The Morgan fingerprint density at radius 2 is 1.83 bits per heavy atom. The first kappa shape index (κ1) is 25.1. The number of ether oxygens (including phenoxy) is 2. The molecule has 1 amide bonds. The summed E-state index contributed by atoms with van der Waals surface area (Å²) >= 11 is 12.4. The predicted octanol–water partition coefficient (Wildman–Crippen LogP) is 6.18. The fraction of sp³-hybridized carbons (Fsp3) is 0.115. The second-order valence-electron chi connectivity index (χ2n) is 7.55. The van der Waals surface area contributed by atoms with Crippen molar-refractivity contribution in [3.63, 3.8) is 0 Å². The van der Waals surface area contributed by atoms with Crippen LogP contribution in [0, 0.1) is 0 Å². The summed E-state index contributed by atoms with van der Waals surface area (Å²) in [5, 5.41) is 14.5. The Kier molecular flexibility index (Phi) is 7.77. The van der Waals surface area contributed by atoms with E-state index in [1.165, 1.54) is 18.3 Å². The predicted molar refractivity (Wildman–Crippen MR) is 137 cm³/mol. The third-order valence-electron chi connectivity index (χ3n) is 5.00. The van der Waals surface area contributed by atoms with Gasteiger partial charge in [0, 0.05) is 10.4 Å². The molecule has 8 nitrogen and oxygen atoms in total. The molecule has 0 aliphatic carbocycles. The summed E-state index contributed by atoms with van der Waals surface area (Å²) in [6, 6.07) is 16.3. The maximum Gasteiger partial charge on any atom is 0.335 e. The van der Waals surface area contributed by atoms with Gasteiger partial charge in [-0.3, -0.25) is 4.79 Å². The number of carbonyl (C=O) groups is 2. The molecule has 4 aromatic rings. The molecule has 1 aromatic heterocycles. The summed E-state index contributed by atoms with van der Waals surface area (Å²) < 4.78 is 17.1. The number of carboxylic acids is 1. The van der Waals surface area contributed by atoms with E-state index in [9.17, 15) is 9.59 Å². The topological polar surface area (TPSA) is 110 Å². The average molecular weight is 527 g/mol. The Morgan fingerprint density at radius 1 is 1.06 bits per heavy atom. The van der Waals surface area contributed by atoms with E-state index >= 15 is 0 Å². The summed E-state index contributed by atoms with van der Waals surface area (Å²) in [6.07, 6.45) is 1.42. The number of aromatic carboxylic acids is 1. The van der Waals surface area contributed by atoms with Crippen molar-refractivity contribution < 1.29 is 28.6 Å². The van der Waals surface area contributed by atoms with Crippen LogP contribution in [-0.2, 0) is 6.61 Å². The van der Waals surface area contributed by atoms with Gasteiger partial charge in [0.1, 0.15) is 12.2 Å². The minimum Gasteiger partial charge on any atom is -0.490 e. The molecule has 0 saturated carbocycles. The van der Waals surface area contributed by atoms with E-state index in [0.717, 1.165) is 5.56 Å². The maximum atomic E-state index is 12.4. The molecule has 0 radical (unpaired) electrons. The van der Waals surface area contributed by atoms with Gasteiger partial charge >= 0.3 is 11.9 Å². The van der Waals surface area contributed by atoms with Gasteiger partial charge in [0.15, 0.2) is 17.3 Å². The van der Waals surface area contributed by atoms with Crippen molar-refractivity contribution in [2.24, 2.45) is 5.10 Å². The first-order valence-corrected chi connectivity index (χ1v) is 11.5. The third kappa shape index (κ3) is 5.97. The van der Waals surface area contributed by atoms with Crippen molar-refractivity contribution in [3.05, 3.63) is 93.2 Å². The molecular weight excluding hydrogens is 507 g/mol. The summed E-state index contributed by atoms with van der Waals surface area (Å²) in [4.78, 5) is 23.4. The number of rotatable bonds is 9. The van der Waals surface area contributed by atoms with Crippen LogP contribution in [0.2, 0.25) is 10.0 Å². The third-order valence-corrected chi connectivity index (χ3v) is 5.51. The SMILES string of the molecule is CCOc1cc(/C=N/NC(=O)c2cc3cc(Cl)ccc3o2)cc(Cl)c1OCc1ccc(C(=O)O)cc1. The molecule has 3 aromatic carbocycles. The second-order valence-corrected chi connectivity index (χ2v) is 8.39. The summed E-state index contributed by atoms with van der Waals surface area (Å²) in [5.74, 6) is -0.696. The van der Waals surface area contributed by atoms with Gasteiger partial charge in [-0.25, -0.2) is 10.2 Å². The molecule has 184 valence electrons. The Morgan fingerprint density at radius 3 is 2.56 bits per heavy atom. The number of hydrazone groups is 1. The summed E-state index contributed by atoms with van der Waals surface area (Å²) in [7, 11) is 0. The average Bonchev–Trinajstić information content (AvgIpc) is 3.27. The Labute approximate surface area is 216 Å². The normalized spacial score (nSPS) is 11.1. The maximum absolute atomic E-state index is 12.4. The van der Waals surface area contributed by atoms with Crippen LogP contribution in [-0.4, -0.2) is 29.8 Å². The fourth-order valence-corrected chi connectivity index (χ4v) is 3.77. The number of halogens is 2. The molecule has 0 spiro atoms. The van der Waals surface area contributed by atoms with Crippen molar-refractivity contribution in [3.8, 4) is 11.5 Å². The zero-order chi connectivity index (χ0) is 25.7. The lowest BCUT2D eigenvalue weighted by molar-refractivity contribution is 0.0696. The molecule has 0 aliphatic heterocycles. The number of carboxylic acid groups (broad SMARTS) is 1. The van der Waals surface area contributed by atoms with Crippen LogP contribution in [0.4, 0.5) is 0 Å². The molecule has 4 rings (SSSR count). The van der Waals surface area contributed by atoms with Gasteiger partial charge in [-0.15, -0.1) is 0 Å². The zero-order valence-electron chi connectivity index (χ0n) is 19.0. The van der Waals surface area contributed by atoms with Crippen molar-refractivity contribution in [1.29, 1.82) is 0 Å². The molecule has 0 fully saturated rings. The number of furan rings is 1. The number of hydrogen-bond donors (Lipinski definition) is 2. The molecule has 10 heteroatoms. The van der Waals surface area contributed by atoms with Crippen molar-refractivity contribution in [2.45, 2.75) is 13.5 Å². The molecule has 36 heavy (non-hydrogen) atoms. The van der Waals surface area contributed by atoms with Gasteiger partial charge in [0.05, 0.1) is 23.4 Å². The van der Waals surface area contributed by atoms with Crippen molar-refractivity contribution in [2.75, 3.05) is 6.61 Å². The van der Waals surface area contributed by atoms with Crippen LogP contribution >= 0.6 is 23.2 Å². The molecule has 0 bridgehead atoms. The van der Waals surface area contributed by atoms with Crippen LogP contribution in [0.25, 0.3) is 11.0 Å². The molecule has 1 heterocycles. The van der Waals surface area contributed by atoms with E-state index < -0.39 is 11.9 Å². The second kappa shape index (κ2) is 11.2. The van der Waals surface area contributed by atoms with Gasteiger partial charge < -0.3 is 19.0 Å². The number of fused-ring (bicyclic) bond motifs is 1. The van der Waals surface area contributed by atoms with Crippen LogP contribution in [0.1, 0.15) is 39.0 Å². The van der Waals surface area contributed by atoms with E-state index in [4.69, 9.17) is 42.2 Å². The van der Waals surface area contributed by atoms with E-state index in [-0.39, 0.29) is 23.0 Å². The lowest BCUT2D eigenvalue weighted by Gasteiger charge is -2.14.